The first-order valence-corrected chi connectivity index (χ1v) is 9.87. The van der Waals surface area contributed by atoms with Crippen LogP contribution in [0.25, 0.3) is 11.3 Å². The van der Waals surface area contributed by atoms with Crippen LogP contribution < -0.4 is 4.74 Å². The molecule has 0 spiro atoms. The summed E-state index contributed by atoms with van der Waals surface area (Å²) >= 11 is 0. The standard InChI is InChI=1S/C24H21N3O3/c1-15-10-18(12-24(28)29)16-4-2-5-21-17(8-9-19(13-25)26-21)14-30-23-7-3-6-22(27-23)20(15)11-16/h3,6-11H,2,4-5,12,14H2,1H3,(H,28,29). The van der Waals surface area contributed by atoms with Crippen LogP contribution in [-0.4, -0.2) is 21.0 Å². The fourth-order valence-electron chi connectivity index (χ4n) is 3.83. The van der Waals surface area contributed by atoms with E-state index in [2.05, 4.69) is 22.1 Å². The molecular weight excluding hydrogens is 378 g/mol. The van der Waals surface area contributed by atoms with Crippen LogP contribution in [0.4, 0.5) is 0 Å². The van der Waals surface area contributed by atoms with Gasteiger partial charge in [0.05, 0.1) is 12.1 Å². The Morgan fingerprint density at radius 1 is 1.17 bits per heavy atom. The summed E-state index contributed by atoms with van der Waals surface area (Å²) in [4.78, 5) is 20.5. The lowest BCUT2D eigenvalue weighted by molar-refractivity contribution is -0.136. The van der Waals surface area contributed by atoms with Crippen molar-refractivity contribution in [3.63, 3.8) is 0 Å². The van der Waals surface area contributed by atoms with E-state index in [-0.39, 0.29) is 6.42 Å². The molecule has 0 aliphatic carbocycles. The van der Waals surface area contributed by atoms with Crippen molar-refractivity contribution in [1.82, 2.24) is 9.97 Å². The fraction of sp³-hybridized carbons (Fsp3) is 0.250. The summed E-state index contributed by atoms with van der Waals surface area (Å²) in [5.74, 6) is -0.335. The molecule has 0 saturated carbocycles. The van der Waals surface area contributed by atoms with E-state index in [1.807, 2.05) is 37.3 Å². The molecule has 150 valence electrons. The highest BCUT2D eigenvalue weighted by molar-refractivity contribution is 5.73. The van der Waals surface area contributed by atoms with E-state index in [0.29, 0.717) is 31.0 Å². The van der Waals surface area contributed by atoms with Crippen molar-refractivity contribution in [1.29, 1.82) is 5.26 Å². The first-order valence-electron chi connectivity index (χ1n) is 9.87. The van der Waals surface area contributed by atoms with Gasteiger partial charge >= 0.3 is 5.97 Å². The number of rotatable bonds is 2. The quantitative estimate of drug-likeness (QED) is 0.699. The van der Waals surface area contributed by atoms with Gasteiger partial charge in [-0.1, -0.05) is 18.2 Å². The number of nitrogens with zero attached hydrogens (tertiary/aromatic N) is 3. The Bertz CT molecular complexity index is 1160. The number of ether oxygens (including phenoxy) is 1. The van der Waals surface area contributed by atoms with E-state index in [4.69, 9.17) is 4.74 Å². The number of carbonyl (C=O) groups is 1. The number of hydrogen-bond acceptors (Lipinski definition) is 5. The minimum absolute atomic E-state index is 0.0134. The van der Waals surface area contributed by atoms with E-state index in [9.17, 15) is 15.2 Å². The van der Waals surface area contributed by atoms with Gasteiger partial charge in [0, 0.05) is 22.9 Å². The molecule has 4 rings (SSSR count). The molecule has 1 aromatic carbocycles. The Kier molecular flexibility index (Phi) is 5.44. The summed E-state index contributed by atoms with van der Waals surface area (Å²) in [5, 5.41) is 18.5. The summed E-state index contributed by atoms with van der Waals surface area (Å²) < 4.78 is 5.94. The van der Waals surface area contributed by atoms with E-state index in [0.717, 1.165) is 45.6 Å². The van der Waals surface area contributed by atoms with Crippen LogP contribution in [0.1, 0.15) is 40.1 Å². The van der Waals surface area contributed by atoms with Gasteiger partial charge in [0.2, 0.25) is 5.88 Å². The molecule has 6 nitrogen and oxygen atoms in total. The maximum Gasteiger partial charge on any atom is 0.307 e. The number of benzene rings is 1. The highest BCUT2D eigenvalue weighted by Gasteiger charge is 2.15. The van der Waals surface area contributed by atoms with Gasteiger partial charge in [0.1, 0.15) is 18.4 Å². The molecule has 0 unspecified atom stereocenters. The normalized spacial score (nSPS) is 12.9. The molecule has 1 aliphatic heterocycles. The molecule has 3 aromatic rings. The van der Waals surface area contributed by atoms with Crippen molar-refractivity contribution >= 4 is 5.97 Å². The van der Waals surface area contributed by atoms with Gasteiger partial charge in [-0.25, -0.2) is 9.97 Å². The first kappa shape index (κ1) is 19.6. The molecule has 0 fully saturated rings. The van der Waals surface area contributed by atoms with Crippen molar-refractivity contribution in [3.05, 3.63) is 76.1 Å². The highest BCUT2D eigenvalue weighted by atomic mass is 16.5. The average molecular weight is 399 g/mol. The number of aryl methyl sites for hydroxylation is 3. The van der Waals surface area contributed by atoms with Gasteiger partial charge < -0.3 is 9.84 Å². The second-order valence-electron chi connectivity index (χ2n) is 7.42. The van der Waals surface area contributed by atoms with Crippen LogP contribution in [-0.2, 0) is 30.7 Å². The molecule has 0 amide bonds. The first-order chi connectivity index (χ1) is 14.5. The summed E-state index contributed by atoms with van der Waals surface area (Å²) in [6.45, 7) is 2.30. The number of hydrogen-bond donors (Lipinski definition) is 1. The highest BCUT2D eigenvalue weighted by Crippen LogP contribution is 2.29. The summed E-state index contributed by atoms with van der Waals surface area (Å²) in [7, 11) is 0. The largest absolute Gasteiger partial charge is 0.481 e. The van der Waals surface area contributed by atoms with Crippen LogP contribution in [0.3, 0.4) is 0 Å². The lowest BCUT2D eigenvalue weighted by Gasteiger charge is -2.14. The third-order valence-corrected chi connectivity index (χ3v) is 5.31. The number of pyridine rings is 2. The Morgan fingerprint density at radius 3 is 2.83 bits per heavy atom. The second-order valence-corrected chi connectivity index (χ2v) is 7.42. The van der Waals surface area contributed by atoms with Crippen LogP contribution >= 0.6 is 0 Å². The number of aliphatic carboxylic acids is 1. The molecular formula is C24H21N3O3. The second kappa shape index (κ2) is 8.34. The van der Waals surface area contributed by atoms with E-state index in [1.54, 1.807) is 6.07 Å². The van der Waals surface area contributed by atoms with Crippen LogP contribution in [0.15, 0.2) is 42.5 Å². The smallest absolute Gasteiger partial charge is 0.307 e. The molecule has 3 heterocycles. The van der Waals surface area contributed by atoms with E-state index in [1.165, 1.54) is 0 Å². The average Bonchev–Trinajstić information content (AvgIpc) is 2.74. The Morgan fingerprint density at radius 2 is 2.03 bits per heavy atom. The number of carboxylic acid groups (broad SMARTS) is 1. The molecule has 1 N–H and O–H groups in total. The lowest BCUT2D eigenvalue weighted by Crippen LogP contribution is -2.07. The molecule has 1 aliphatic rings. The maximum absolute atomic E-state index is 11.4. The van der Waals surface area contributed by atoms with Gasteiger partial charge in [0.25, 0.3) is 0 Å². The topological polar surface area (TPSA) is 96.1 Å². The van der Waals surface area contributed by atoms with Crippen LogP contribution in [0, 0.1) is 18.3 Å². The number of nitriles is 1. The number of fused-ring (bicyclic) bond motifs is 6. The van der Waals surface area contributed by atoms with Gasteiger partial charge in [-0.15, -0.1) is 0 Å². The lowest BCUT2D eigenvalue weighted by atomic mass is 9.92. The molecule has 0 atom stereocenters. The fourth-order valence-corrected chi connectivity index (χ4v) is 3.83. The summed E-state index contributed by atoms with van der Waals surface area (Å²) in [6, 6.07) is 15.3. The molecule has 0 radical (unpaired) electrons. The van der Waals surface area contributed by atoms with Gasteiger partial charge in [-0.05, 0) is 61.1 Å². The monoisotopic (exact) mass is 399 g/mol. The van der Waals surface area contributed by atoms with Crippen molar-refractivity contribution < 1.29 is 14.6 Å². The Hall–Kier alpha value is -3.72. The Balaban J connectivity index is 1.81. The predicted octanol–water partition coefficient (Wildman–Crippen LogP) is 4.02. The zero-order valence-electron chi connectivity index (χ0n) is 16.7. The third kappa shape index (κ3) is 4.15. The molecule has 6 heteroatoms. The number of carboxylic acids is 1. The maximum atomic E-state index is 11.4. The summed E-state index contributed by atoms with van der Waals surface area (Å²) in [5.41, 5.74) is 6.72. The molecule has 2 aromatic heterocycles. The minimum atomic E-state index is -0.847. The van der Waals surface area contributed by atoms with E-state index >= 15 is 0 Å². The minimum Gasteiger partial charge on any atom is -0.481 e. The summed E-state index contributed by atoms with van der Waals surface area (Å²) in [6.07, 6.45) is 2.17. The molecule has 30 heavy (non-hydrogen) atoms. The molecule has 4 bridgehead atoms. The van der Waals surface area contributed by atoms with Gasteiger partial charge in [-0.3, -0.25) is 4.79 Å². The Labute approximate surface area is 174 Å². The van der Waals surface area contributed by atoms with Gasteiger partial charge in [-0.2, -0.15) is 5.26 Å². The van der Waals surface area contributed by atoms with Crippen molar-refractivity contribution in [2.75, 3.05) is 0 Å². The number of aromatic nitrogens is 2. The van der Waals surface area contributed by atoms with Crippen molar-refractivity contribution in [2.24, 2.45) is 0 Å². The van der Waals surface area contributed by atoms with Crippen LogP contribution in [0.5, 0.6) is 5.88 Å². The van der Waals surface area contributed by atoms with Crippen LogP contribution in [0.2, 0.25) is 0 Å². The SMILES string of the molecule is Cc1cc(CC(=O)O)c2cc1-c1cccc(n1)OCc1ccc(C#N)nc1CCC2. The zero-order valence-corrected chi connectivity index (χ0v) is 16.7. The van der Waals surface area contributed by atoms with Gasteiger partial charge in [0.15, 0.2) is 0 Å². The van der Waals surface area contributed by atoms with Crippen molar-refractivity contribution in [3.8, 4) is 23.2 Å². The van der Waals surface area contributed by atoms with Crippen molar-refractivity contribution in [2.45, 2.75) is 39.2 Å². The zero-order chi connectivity index (χ0) is 21.1. The molecule has 0 saturated heterocycles. The third-order valence-electron chi connectivity index (χ3n) is 5.31. The van der Waals surface area contributed by atoms with E-state index < -0.39 is 5.97 Å². The predicted molar refractivity (Wildman–Crippen MR) is 111 cm³/mol.